The highest BCUT2D eigenvalue weighted by atomic mass is 35.5. The second kappa shape index (κ2) is 6.90. The maximum Gasteiger partial charge on any atom is 0.310 e. The number of piperidine rings is 2. The molecule has 2 aliphatic heterocycles. The molecule has 25 heavy (non-hydrogen) atoms. The van der Waals surface area contributed by atoms with E-state index in [1.54, 1.807) is 0 Å². The first-order valence-corrected chi connectivity index (χ1v) is 9.20. The van der Waals surface area contributed by atoms with Crippen molar-refractivity contribution in [3.05, 3.63) is 35.4 Å². The summed E-state index contributed by atoms with van der Waals surface area (Å²) in [5.74, 6) is 0.362. The molecule has 1 saturated carbocycles. The fourth-order valence-electron chi connectivity index (χ4n) is 5.94. The van der Waals surface area contributed by atoms with E-state index in [0.717, 1.165) is 25.7 Å². The third-order valence-corrected chi connectivity index (χ3v) is 6.90. The van der Waals surface area contributed by atoms with Crippen LogP contribution in [0.5, 0.6) is 0 Å². The molecule has 4 aliphatic rings. The summed E-state index contributed by atoms with van der Waals surface area (Å²) in [5, 5.41) is 9.80. The number of benzene rings is 1. The normalized spacial score (nSPS) is 35.6. The van der Waals surface area contributed by atoms with Crippen LogP contribution in [0.15, 0.2) is 24.3 Å². The predicted molar refractivity (Wildman–Crippen MR) is 99.0 cm³/mol. The number of carbonyl (C=O) groups excluding carboxylic acids is 1. The Morgan fingerprint density at radius 1 is 1.36 bits per heavy atom. The molecule has 1 aromatic carbocycles. The van der Waals surface area contributed by atoms with E-state index in [-0.39, 0.29) is 42.4 Å². The quantitative estimate of drug-likeness (QED) is 0.833. The van der Waals surface area contributed by atoms with Crippen molar-refractivity contribution in [1.29, 1.82) is 0 Å². The number of halogens is 1. The lowest BCUT2D eigenvalue weighted by Crippen LogP contribution is -2.69. The van der Waals surface area contributed by atoms with Gasteiger partial charge in [0.1, 0.15) is 0 Å². The number of aliphatic hydroxyl groups is 1. The second-order valence-corrected chi connectivity index (χ2v) is 7.70. The molecule has 138 valence electrons. The van der Waals surface area contributed by atoms with Crippen molar-refractivity contribution >= 4 is 18.4 Å². The number of fused-ring (bicyclic) bond motifs is 2. The van der Waals surface area contributed by atoms with Crippen LogP contribution in [0.1, 0.15) is 37.3 Å². The molecule has 2 heterocycles. The predicted octanol–water partition coefficient (Wildman–Crippen LogP) is 2.56. The summed E-state index contributed by atoms with van der Waals surface area (Å²) in [6.45, 7) is 2.53. The molecule has 5 atom stereocenters. The first-order valence-electron chi connectivity index (χ1n) is 9.20. The van der Waals surface area contributed by atoms with Crippen molar-refractivity contribution < 1.29 is 14.6 Å². The van der Waals surface area contributed by atoms with Crippen molar-refractivity contribution in [3.63, 3.8) is 0 Å². The molecule has 4 unspecified atom stereocenters. The minimum atomic E-state index is -0.0377. The number of carbonyl (C=O) groups is 1. The van der Waals surface area contributed by atoms with Crippen LogP contribution in [-0.2, 0) is 21.4 Å². The summed E-state index contributed by atoms with van der Waals surface area (Å²) < 4.78 is 5.35. The van der Waals surface area contributed by atoms with E-state index in [0.29, 0.717) is 18.6 Å². The molecule has 2 aliphatic carbocycles. The van der Waals surface area contributed by atoms with Gasteiger partial charge < -0.3 is 9.84 Å². The summed E-state index contributed by atoms with van der Waals surface area (Å²) in [6, 6.07) is 9.42. The average molecular weight is 366 g/mol. The fraction of sp³-hybridized carbons (Fsp3) is 0.650. The zero-order valence-electron chi connectivity index (χ0n) is 15.0. The Hall–Kier alpha value is -1.10. The average Bonchev–Trinajstić information content (AvgIpc) is 2.59. The van der Waals surface area contributed by atoms with E-state index in [2.05, 4.69) is 36.2 Å². The highest BCUT2D eigenvalue weighted by Crippen LogP contribution is 2.59. The maximum atomic E-state index is 12.5. The highest BCUT2D eigenvalue weighted by Gasteiger charge is 2.61. The SMILES string of the molecule is CCOC(=O)C1CC2C3Cc4ccccc4[C@]2(CCO)CC1N3C.Cl. The van der Waals surface area contributed by atoms with Gasteiger partial charge in [0.25, 0.3) is 0 Å². The summed E-state index contributed by atoms with van der Waals surface area (Å²) in [7, 11) is 2.17. The van der Waals surface area contributed by atoms with Crippen LogP contribution in [0, 0.1) is 11.8 Å². The van der Waals surface area contributed by atoms with Crippen LogP contribution in [-0.4, -0.2) is 48.3 Å². The van der Waals surface area contributed by atoms with Crippen molar-refractivity contribution in [2.75, 3.05) is 20.3 Å². The van der Waals surface area contributed by atoms with Crippen molar-refractivity contribution in [2.45, 2.75) is 50.1 Å². The number of hydrogen-bond acceptors (Lipinski definition) is 4. The van der Waals surface area contributed by atoms with E-state index >= 15 is 0 Å². The highest BCUT2D eigenvalue weighted by molar-refractivity contribution is 5.85. The summed E-state index contributed by atoms with van der Waals surface area (Å²) >= 11 is 0. The summed E-state index contributed by atoms with van der Waals surface area (Å²) in [5.41, 5.74) is 2.86. The lowest BCUT2D eigenvalue weighted by Gasteiger charge is -2.64. The van der Waals surface area contributed by atoms with Crippen LogP contribution >= 0.6 is 12.4 Å². The van der Waals surface area contributed by atoms with Gasteiger partial charge in [-0.1, -0.05) is 24.3 Å². The Morgan fingerprint density at radius 2 is 2.12 bits per heavy atom. The molecule has 5 rings (SSSR count). The molecule has 2 saturated heterocycles. The molecule has 0 radical (unpaired) electrons. The zero-order chi connectivity index (χ0) is 16.9. The molecule has 3 fully saturated rings. The van der Waals surface area contributed by atoms with Crippen LogP contribution in [0.4, 0.5) is 0 Å². The van der Waals surface area contributed by atoms with Gasteiger partial charge in [0, 0.05) is 24.1 Å². The van der Waals surface area contributed by atoms with E-state index < -0.39 is 0 Å². The molecule has 0 spiro atoms. The monoisotopic (exact) mass is 365 g/mol. The number of aliphatic hydroxyl groups excluding tert-OH is 1. The van der Waals surface area contributed by atoms with Crippen molar-refractivity contribution in [3.8, 4) is 0 Å². The third kappa shape index (κ3) is 2.61. The van der Waals surface area contributed by atoms with Gasteiger partial charge in [-0.3, -0.25) is 9.69 Å². The first-order chi connectivity index (χ1) is 11.6. The third-order valence-electron chi connectivity index (χ3n) is 6.90. The topological polar surface area (TPSA) is 49.8 Å². The molecule has 1 N–H and O–H groups in total. The Balaban J connectivity index is 0.00000182. The van der Waals surface area contributed by atoms with Gasteiger partial charge in [-0.2, -0.15) is 0 Å². The van der Waals surface area contributed by atoms with Gasteiger partial charge in [-0.15, -0.1) is 12.4 Å². The van der Waals surface area contributed by atoms with Gasteiger partial charge >= 0.3 is 5.97 Å². The number of ether oxygens (including phenoxy) is 1. The Bertz CT molecular complexity index is 652. The van der Waals surface area contributed by atoms with Gasteiger partial charge in [0.2, 0.25) is 0 Å². The Labute approximate surface area is 156 Å². The standard InChI is InChI=1S/C20H27NO3.ClH/c1-3-24-19(23)14-11-16-17-10-13-6-4-5-7-15(13)20(16,8-9-22)12-18(14)21(17)2;/h4-7,14,16-18,22H,3,8-12H2,1-2H3;1H/t14?,16?,17?,18?,20-;/m0./s1. The molecule has 1 aromatic rings. The van der Waals surface area contributed by atoms with E-state index in [1.165, 1.54) is 11.1 Å². The van der Waals surface area contributed by atoms with Crippen LogP contribution in [0.25, 0.3) is 0 Å². The number of esters is 1. The zero-order valence-corrected chi connectivity index (χ0v) is 15.8. The number of rotatable bonds is 4. The van der Waals surface area contributed by atoms with Crippen LogP contribution < -0.4 is 0 Å². The lowest BCUT2D eigenvalue weighted by molar-refractivity contribution is -0.165. The van der Waals surface area contributed by atoms with E-state index in [1.807, 2.05) is 6.92 Å². The Kier molecular flexibility index (Phi) is 5.16. The fourth-order valence-corrected chi connectivity index (χ4v) is 5.94. The van der Waals surface area contributed by atoms with Crippen LogP contribution in [0.2, 0.25) is 0 Å². The van der Waals surface area contributed by atoms with Crippen LogP contribution in [0.3, 0.4) is 0 Å². The van der Waals surface area contributed by atoms with Gasteiger partial charge in [0.05, 0.1) is 12.5 Å². The largest absolute Gasteiger partial charge is 0.466 e. The minimum Gasteiger partial charge on any atom is -0.466 e. The number of nitrogens with zero attached hydrogens (tertiary/aromatic N) is 1. The van der Waals surface area contributed by atoms with E-state index in [4.69, 9.17) is 4.74 Å². The van der Waals surface area contributed by atoms with Gasteiger partial charge in [0.15, 0.2) is 0 Å². The molecular weight excluding hydrogens is 338 g/mol. The van der Waals surface area contributed by atoms with Gasteiger partial charge in [-0.25, -0.2) is 0 Å². The first kappa shape index (κ1) is 18.7. The Morgan fingerprint density at radius 3 is 2.84 bits per heavy atom. The smallest absolute Gasteiger partial charge is 0.310 e. The van der Waals surface area contributed by atoms with Crippen molar-refractivity contribution in [2.24, 2.45) is 11.8 Å². The molecule has 0 amide bonds. The van der Waals surface area contributed by atoms with Crippen molar-refractivity contribution in [1.82, 2.24) is 4.90 Å². The molecule has 4 bridgehead atoms. The minimum absolute atomic E-state index is 0. The molecule has 0 aromatic heterocycles. The number of hydrogen-bond donors (Lipinski definition) is 1. The molecular formula is C20H28ClNO3. The molecule has 4 nitrogen and oxygen atoms in total. The molecule has 5 heteroatoms. The maximum absolute atomic E-state index is 12.5. The van der Waals surface area contributed by atoms with Gasteiger partial charge in [-0.05, 0) is 56.7 Å². The summed E-state index contributed by atoms with van der Waals surface area (Å²) in [6.07, 6.45) is 3.69. The number of likely N-dealkylation sites (N-methyl/N-ethyl adjacent to an activating group) is 1. The second-order valence-electron chi connectivity index (χ2n) is 7.70. The van der Waals surface area contributed by atoms with E-state index in [9.17, 15) is 9.90 Å². The lowest BCUT2D eigenvalue weighted by atomic mass is 9.48. The summed E-state index contributed by atoms with van der Waals surface area (Å²) in [4.78, 5) is 14.9.